The summed E-state index contributed by atoms with van der Waals surface area (Å²) in [5, 5.41) is 17.2. The van der Waals surface area contributed by atoms with Crippen molar-refractivity contribution in [2.24, 2.45) is 0 Å². The number of fused-ring (bicyclic) bond motifs is 1. The average Bonchev–Trinajstić information content (AvgIpc) is 3.22. The highest BCUT2D eigenvalue weighted by atomic mass is 32.2. The summed E-state index contributed by atoms with van der Waals surface area (Å²) >= 11 is 1.29. The minimum atomic E-state index is -0.409. The summed E-state index contributed by atoms with van der Waals surface area (Å²) in [6, 6.07) is 21.3. The zero-order chi connectivity index (χ0) is 20.9. The average molecular weight is 420 g/mol. The second-order valence-corrected chi connectivity index (χ2v) is 7.86. The first-order chi connectivity index (χ1) is 14.7. The molecular weight excluding hydrogens is 398 g/mol. The normalized spacial score (nSPS) is 11.9. The number of nitrogens with one attached hydrogen (secondary N) is 1. The Morgan fingerprint density at radius 1 is 1.10 bits per heavy atom. The minimum absolute atomic E-state index is 0.121. The number of rotatable bonds is 7. The van der Waals surface area contributed by atoms with Gasteiger partial charge in [-0.2, -0.15) is 4.68 Å². The highest BCUT2D eigenvalue weighted by Gasteiger charge is 2.21. The molecule has 4 rings (SSSR count). The minimum Gasteiger partial charge on any atom is -0.492 e. The van der Waals surface area contributed by atoms with Gasteiger partial charge in [0.15, 0.2) is 0 Å². The van der Waals surface area contributed by atoms with E-state index in [0.717, 1.165) is 22.1 Å². The molecule has 1 unspecified atom stereocenters. The molecule has 7 nitrogen and oxygen atoms in total. The maximum Gasteiger partial charge on any atom is 0.237 e. The van der Waals surface area contributed by atoms with Crippen LogP contribution in [0.3, 0.4) is 0 Å². The van der Waals surface area contributed by atoms with Crippen LogP contribution in [0.1, 0.15) is 13.8 Å². The third kappa shape index (κ3) is 4.13. The molecule has 1 aromatic heterocycles. The lowest BCUT2D eigenvalue weighted by Crippen LogP contribution is -2.23. The van der Waals surface area contributed by atoms with Crippen LogP contribution >= 0.6 is 11.8 Å². The van der Waals surface area contributed by atoms with Gasteiger partial charge in [0.2, 0.25) is 11.1 Å². The Bertz CT molecular complexity index is 1170. The van der Waals surface area contributed by atoms with Crippen molar-refractivity contribution in [3.05, 3.63) is 66.7 Å². The lowest BCUT2D eigenvalue weighted by molar-refractivity contribution is -0.115. The van der Waals surface area contributed by atoms with Gasteiger partial charge in [-0.05, 0) is 47.9 Å². The monoisotopic (exact) mass is 419 g/mol. The highest BCUT2D eigenvalue weighted by Crippen LogP contribution is 2.29. The van der Waals surface area contributed by atoms with E-state index in [2.05, 4.69) is 20.8 Å². The van der Waals surface area contributed by atoms with E-state index in [-0.39, 0.29) is 5.91 Å². The number of hydrogen-bond acceptors (Lipinski definition) is 6. The summed E-state index contributed by atoms with van der Waals surface area (Å²) in [7, 11) is 0. The summed E-state index contributed by atoms with van der Waals surface area (Å²) in [5.74, 6) is 0.561. The number of thioether (sulfide) groups is 1. The molecule has 1 amide bonds. The van der Waals surface area contributed by atoms with Crippen molar-refractivity contribution >= 4 is 34.1 Å². The number of nitrogens with zero attached hydrogens (tertiary/aromatic N) is 4. The molecule has 152 valence electrons. The van der Waals surface area contributed by atoms with Crippen LogP contribution < -0.4 is 10.1 Å². The van der Waals surface area contributed by atoms with Crippen LogP contribution in [0.4, 0.5) is 5.69 Å². The molecule has 4 aromatic rings. The predicted octanol–water partition coefficient (Wildman–Crippen LogP) is 4.33. The third-order valence-corrected chi connectivity index (χ3v) is 5.57. The molecule has 0 radical (unpaired) electrons. The number of ether oxygens (including phenoxy) is 1. The van der Waals surface area contributed by atoms with Crippen LogP contribution in [-0.2, 0) is 4.79 Å². The number of carbonyl (C=O) groups is 1. The van der Waals surface area contributed by atoms with Crippen molar-refractivity contribution < 1.29 is 9.53 Å². The molecule has 0 saturated heterocycles. The molecule has 0 aliphatic carbocycles. The summed E-state index contributed by atoms with van der Waals surface area (Å²) in [6.07, 6.45) is 0. The highest BCUT2D eigenvalue weighted by molar-refractivity contribution is 8.00. The lowest BCUT2D eigenvalue weighted by Gasteiger charge is -2.14. The number of tetrazole rings is 1. The first kappa shape index (κ1) is 19.9. The fourth-order valence-corrected chi connectivity index (χ4v) is 3.89. The molecule has 0 fully saturated rings. The third-order valence-electron chi connectivity index (χ3n) is 4.53. The van der Waals surface area contributed by atoms with Crippen molar-refractivity contribution in [3.8, 4) is 11.4 Å². The number of benzene rings is 3. The summed E-state index contributed by atoms with van der Waals surface area (Å²) < 4.78 is 7.28. The van der Waals surface area contributed by atoms with Crippen LogP contribution in [-0.4, -0.2) is 38.0 Å². The van der Waals surface area contributed by atoms with Gasteiger partial charge in [-0.1, -0.05) is 60.3 Å². The first-order valence-corrected chi connectivity index (χ1v) is 10.5. The largest absolute Gasteiger partial charge is 0.492 e. The summed E-state index contributed by atoms with van der Waals surface area (Å²) in [5.41, 5.74) is 1.51. The van der Waals surface area contributed by atoms with Crippen LogP contribution in [0.15, 0.2) is 71.9 Å². The fourth-order valence-electron chi connectivity index (χ4n) is 3.09. The Morgan fingerprint density at radius 3 is 2.73 bits per heavy atom. The molecule has 3 aromatic carbocycles. The second kappa shape index (κ2) is 8.96. The fraction of sp³-hybridized carbons (Fsp3) is 0.182. The number of para-hydroxylation sites is 2. The van der Waals surface area contributed by atoms with Crippen LogP contribution in [0.25, 0.3) is 16.5 Å². The van der Waals surface area contributed by atoms with Gasteiger partial charge in [-0.25, -0.2) is 0 Å². The molecule has 0 saturated carbocycles. The molecule has 8 heteroatoms. The van der Waals surface area contributed by atoms with Gasteiger partial charge in [0.1, 0.15) is 11.4 Å². The van der Waals surface area contributed by atoms with Gasteiger partial charge in [0.05, 0.1) is 11.9 Å². The van der Waals surface area contributed by atoms with E-state index in [9.17, 15) is 4.79 Å². The molecule has 1 N–H and O–H groups in total. The van der Waals surface area contributed by atoms with E-state index < -0.39 is 5.25 Å². The van der Waals surface area contributed by atoms with E-state index >= 15 is 0 Å². The molecule has 0 spiro atoms. The van der Waals surface area contributed by atoms with Crippen molar-refractivity contribution in [1.29, 1.82) is 0 Å². The topological polar surface area (TPSA) is 81.9 Å². The Kier molecular flexibility index (Phi) is 5.94. The Morgan fingerprint density at radius 2 is 1.87 bits per heavy atom. The second-order valence-electron chi connectivity index (χ2n) is 6.55. The van der Waals surface area contributed by atoms with Crippen LogP contribution in [0.2, 0.25) is 0 Å². The van der Waals surface area contributed by atoms with Gasteiger partial charge < -0.3 is 10.1 Å². The summed E-state index contributed by atoms with van der Waals surface area (Å²) in [6.45, 7) is 4.29. The zero-order valence-corrected chi connectivity index (χ0v) is 17.5. The van der Waals surface area contributed by atoms with Crippen LogP contribution in [0.5, 0.6) is 5.75 Å². The van der Waals surface area contributed by atoms with Gasteiger partial charge in [0, 0.05) is 11.1 Å². The quantitative estimate of drug-likeness (QED) is 0.449. The van der Waals surface area contributed by atoms with E-state index in [4.69, 9.17) is 4.74 Å². The maximum atomic E-state index is 12.9. The first-order valence-electron chi connectivity index (χ1n) is 9.63. The maximum absolute atomic E-state index is 12.9. The molecule has 30 heavy (non-hydrogen) atoms. The van der Waals surface area contributed by atoms with E-state index in [1.54, 1.807) is 4.68 Å². The van der Waals surface area contributed by atoms with Gasteiger partial charge in [-0.3, -0.25) is 4.79 Å². The number of amides is 1. The Labute approximate surface area is 178 Å². The summed E-state index contributed by atoms with van der Waals surface area (Å²) in [4.78, 5) is 12.9. The molecule has 1 atom stereocenters. The standard InChI is InChI=1S/C22H21N5O2S/c1-3-29-20-14-7-6-13-19(20)27-22(24-25-26-27)30-15(2)21(28)23-18-12-8-10-16-9-4-5-11-17(16)18/h4-15H,3H2,1-2H3,(H,23,28). The molecule has 1 heterocycles. The van der Waals surface area contributed by atoms with Crippen LogP contribution in [0, 0.1) is 0 Å². The van der Waals surface area contributed by atoms with Gasteiger partial charge >= 0.3 is 0 Å². The molecular formula is C22H21N5O2S. The number of hydrogen-bond donors (Lipinski definition) is 1. The lowest BCUT2D eigenvalue weighted by atomic mass is 10.1. The molecule has 0 bridgehead atoms. The SMILES string of the molecule is CCOc1ccccc1-n1nnnc1SC(C)C(=O)Nc1cccc2ccccc12. The predicted molar refractivity (Wildman–Crippen MR) is 118 cm³/mol. The number of anilines is 1. The Hall–Kier alpha value is -3.39. The van der Waals surface area contributed by atoms with Gasteiger partial charge in [0.25, 0.3) is 0 Å². The number of aromatic nitrogens is 4. The van der Waals surface area contributed by atoms with Gasteiger partial charge in [-0.15, -0.1) is 5.10 Å². The van der Waals surface area contributed by atoms with Crippen molar-refractivity contribution in [2.75, 3.05) is 11.9 Å². The van der Waals surface area contributed by atoms with Crippen molar-refractivity contribution in [1.82, 2.24) is 20.2 Å². The van der Waals surface area contributed by atoms with Crippen molar-refractivity contribution in [2.45, 2.75) is 24.3 Å². The smallest absolute Gasteiger partial charge is 0.237 e. The van der Waals surface area contributed by atoms with Crippen molar-refractivity contribution in [3.63, 3.8) is 0 Å². The Balaban J connectivity index is 1.53. The van der Waals surface area contributed by atoms with E-state index in [0.29, 0.717) is 17.5 Å². The number of carbonyl (C=O) groups excluding carboxylic acids is 1. The molecule has 0 aliphatic heterocycles. The van der Waals surface area contributed by atoms with E-state index in [1.807, 2.05) is 80.6 Å². The zero-order valence-electron chi connectivity index (χ0n) is 16.6. The molecule has 0 aliphatic rings. The van der Waals surface area contributed by atoms with E-state index in [1.165, 1.54) is 11.8 Å².